The molecule has 1 aromatic rings. The molecule has 21 heavy (non-hydrogen) atoms. The maximum Gasteiger partial charge on any atom is 0.234 e. The van der Waals surface area contributed by atoms with E-state index >= 15 is 0 Å². The molecule has 1 atom stereocenters. The Kier molecular flexibility index (Phi) is 6.49. The molecular formula is C16H24ClN3O. The van der Waals surface area contributed by atoms with Gasteiger partial charge in [0.1, 0.15) is 0 Å². The molecule has 2 N–H and O–H groups in total. The molecule has 0 radical (unpaired) electrons. The first-order valence-corrected chi connectivity index (χ1v) is 7.93. The zero-order valence-corrected chi connectivity index (χ0v) is 13.3. The predicted molar refractivity (Wildman–Crippen MR) is 86.6 cm³/mol. The van der Waals surface area contributed by atoms with E-state index in [1.165, 1.54) is 6.42 Å². The fourth-order valence-corrected chi connectivity index (χ4v) is 3.02. The molecule has 1 amide bonds. The molecule has 0 aliphatic carbocycles. The van der Waals surface area contributed by atoms with Crippen molar-refractivity contribution in [2.24, 2.45) is 5.92 Å². The number of rotatable bonds is 7. The van der Waals surface area contributed by atoms with Gasteiger partial charge in [-0.25, -0.2) is 0 Å². The number of nitrogens with one attached hydrogen (secondary N) is 2. The summed E-state index contributed by atoms with van der Waals surface area (Å²) in [5.41, 5.74) is 1.15. The number of nitrogens with zero attached hydrogens (tertiary/aromatic N) is 1. The fourth-order valence-electron chi connectivity index (χ4n) is 2.81. The molecule has 0 aromatic heterocycles. The summed E-state index contributed by atoms with van der Waals surface area (Å²) in [6, 6.07) is 7.77. The number of hydrogen-bond donors (Lipinski definition) is 2. The monoisotopic (exact) mass is 309 g/mol. The van der Waals surface area contributed by atoms with E-state index in [0.29, 0.717) is 19.0 Å². The Morgan fingerprint density at radius 2 is 2.33 bits per heavy atom. The molecule has 0 saturated carbocycles. The minimum Gasteiger partial charge on any atom is -0.355 e. The van der Waals surface area contributed by atoms with Crippen molar-refractivity contribution in [2.45, 2.75) is 12.8 Å². The Labute approximate surface area is 131 Å². The van der Waals surface area contributed by atoms with Crippen LogP contribution in [0.15, 0.2) is 24.3 Å². The van der Waals surface area contributed by atoms with E-state index in [-0.39, 0.29) is 5.91 Å². The van der Waals surface area contributed by atoms with Gasteiger partial charge in [-0.1, -0.05) is 23.7 Å². The molecule has 0 spiro atoms. The molecule has 1 fully saturated rings. The van der Waals surface area contributed by atoms with Gasteiger partial charge in [-0.2, -0.15) is 0 Å². The number of likely N-dealkylation sites (tertiary alicyclic amines) is 1. The molecule has 1 heterocycles. The van der Waals surface area contributed by atoms with Gasteiger partial charge in [-0.3, -0.25) is 9.69 Å². The van der Waals surface area contributed by atoms with Gasteiger partial charge in [0.2, 0.25) is 5.91 Å². The number of carbonyl (C=O) groups is 1. The van der Waals surface area contributed by atoms with Crippen LogP contribution in [0, 0.1) is 5.92 Å². The molecule has 1 aromatic carbocycles. The normalized spacial score (nSPS) is 18.9. The van der Waals surface area contributed by atoms with Crippen LogP contribution in [0.1, 0.15) is 12.0 Å². The zero-order valence-electron chi connectivity index (χ0n) is 12.6. The van der Waals surface area contributed by atoms with E-state index < -0.39 is 0 Å². The number of amides is 1. The van der Waals surface area contributed by atoms with E-state index in [0.717, 1.165) is 36.6 Å². The Morgan fingerprint density at radius 3 is 3.10 bits per heavy atom. The quantitative estimate of drug-likeness (QED) is 0.803. The van der Waals surface area contributed by atoms with E-state index in [2.05, 4.69) is 15.5 Å². The lowest BCUT2D eigenvalue weighted by atomic mass is 10.1. The molecule has 4 nitrogen and oxygen atoms in total. The highest BCUT2D eigenvalue weighted by Crippen LogP contribution is 2.14. The summed E-state index contributed by atoms with van der Waals surface area (Å²) in [5.74, 6) is 0.788. The largest absolute Gasteiger partial charge is 0.355 e. The minimum absolute atomic E-state index is 0.113. The van der Waals surface area contributed by atoms with Gasteiger partial charge in [0.15, 0.2) is 0 Å². The molecule has 1 saturated heterocycles. The van der Waals surface area contributed by atoms with Crippen LogP contribution in [0.2, 0.25) is 5.02 Å². The molecule has 1 unspecified atom stereocenters. The summed E-state index contributed by atoms with van der Waals surface area (Å²) < 4.78 is 0. The molecular weight excluding hydrogens is 286 g/mol. The van der Waals surface area contributed by atoms with Gasteiger partial charge >= 0.3 is 0 Å². The van der Waals surface area contributed by atoms with Crippen molar-refractivity contribution in [1.29, 1.82) is 0 Å². The smallest absolute Gasteiger partial charge is 0.234 e. The Hall–Kier alpha value is -1.10. The highest BCUT2D eigenvalue weighted by atomic mass is 35.5. The van der Waals surface area contributed by atoms with Crippen molar-refractivity contribution in [3.8, 4) is 0 Å². The van der Waals surface area contributed by atoms with Crippen LogP contribution in [0.4, 0.5) is 0 Å². The maximum atomic E-state index is 11.9. The van der Waals surface area contributed by atoms with Crippen molar-refractivity contribution in [3.05, 3.63) is 34.9 Å². The number of halogens is 1. The SMILES string of the molecule is CNCC1CCN(CC(=O)NCCc2cccc(Cl)c2)C1. The van der Waals surface area contributed by atoms with E-state index in [9.17, 15) is 4.79 Å². The van der Waals surface area contributed by atoms with Gasteiger partial charge in [-0.15, -0.1) is 0 Å². The summed E-state index contributed by atoms with van der Waals surface area (Å²) in [6.07, 6.45) is 1.99. The number of benzene rings is 1. The van der Waals surface area contributed by atoms with E-state index in [1.54, 1.807) is 0 Å². The minimum atomic E-state index is 0.113. The molecule has 116 valence electrons. The highest BCUT2D eigenvalue weighted by molar-refractivity contribution is 6.30. The predicted octanol–water partition coefficient (Wildman–Crippen LogP) is 1.54. The second-order valence-electron chi connectivity index (χ2n) is 5.68. The van der Waals surface area contributed by atoms with Crippen LogP contribution in [0.3, 0.4) is 0 Å². The standard InChI is InChI=1S/C16H24ClN3O/c1-18-10-14-6-8-20(11-14)12-16(21)19-7-5-13-3-2-4-15(17)9-13/h2-4,9,14,18H,5-8,10-12H2,1H3,(H,19,21). The van der Waals surface area contributed by atoms with Crippen LogP contribution in [0.5, 0.6) is 0 Å². The lowest BCUT2D eigenvalue weighted by molar-refractivity contribution is -0.122. The van der Waals surface area contributed by atoms with Crippen molar-refractivity contribution in [1.82, 2.24) is 15.5 Å². The summed E-state index contributed by atoms with van der Waals surface area (Å²) in [7, 11) is 1.98. The molecule has 1 aliphatic rings. The van der Waals surface area contributed by atoms with Gasteiger partial charge < -0.3 is 10.6 Å². The maximum absolute atomic E-state index is 11.9. The second kappa shape index (κ2) is 8.37. The van der Waals surface area contributed by atoms with E-state index in [4.69, 9.17) is 11.6 Å². The zero-order chi connectivity index (χ0) is 15.1. The fraction of sp³-hybridized carbons (Fsp3) is 0.562. The van der Waals surface area contributed by atoms with Crippen LogP contribution in [-0.2, 0) is 11.2 Å². The molecule has 0 bridgehead atoms. The topological polar surface area (TPSA) is 44.4 Å². The first kappa shape index (κ1) is 16.3. The Morgan fingerprint density at radius 1 is 1.48 bits per heavy atom. The van der Waals surface area contributed by atoms with Crippen molar-refractivity contribution in [3.63, 3.8) is 0 Å². The van der Waals surface area contributed by atoms with E-state index in [1.807, 2.05) is 31.3 Å². The second-order valence-corrected chi connectivity index (χ2v) is 6.11. The number of carbonyl (C=O) groups excluding carboxylic acids is 1. The van der Waals surface area contributed by atoms with Crippen molar-refractivity contribution in [2.75, 3.05) is 39.8 Å². The average Bonchev–Trinajstić information content (AvgIpc) is 2.86. The van der Waals surface area contributed by atoms with Gasteiger partial charge in [0, 0.05) is 18.1 Å². The van der Waals surface area contributed by atoms with Crippen molar-refractivity contribution >= 4 is 17.5 Å². The van der Waals surface area contributed by atoms with Crippen LogP contribution in [-0.4, -0.2) is 50.6 Å². The highest BCUT2D eigenvalue weighted by Gasteiger charge is 2.23. The summed E-state index contributed by atoms with van der Waals surface area (Å²) in [6.45, 7) is 4.24. The summed E-state index contributed by atoms with van der Waals surface area (Å²) in [5, 5.41) is 6.93. The lowest BCUT2D eigenvalue weighted by Gasteiger charge is -2.15. The van der Waals surface area contributed by atoms with Crippen molar-refractivity contribution < 1.29 is 4.79 Å². The Bertz CT molecular complexity index is 467. The Balaban J connectivity index is 1.64. The third-order valence-corrected chi connectivity index (χ3v) is 4.09. The van der Waals surface area contributed by atoms with Crippen LogP contribution < -0.4 is 10.6 Å². The lowest BCUT2D eigenvalue weighted by Crippen LogP contribution is -2.37. The third-order valence-electron chi connectivity index (χ3n) is 3.85. The summed E-state index contributed by atoms with van der Waals surface area (Å²) in [4.78, 5) is 14.2. The molecule has 5 heteroatoms. The van der Waals surface area contributed by atoms with Crippen LogP contribution in [0.25, 0.3) is 0 Å². The van der Waals surface area contributed by atoms with Gasteiger partial charge in [-0.05, 0) is 56.6 Å². The first-order chi connectivity index (χ1) is 10.2. The van der Waals surface area contributed by atoms with Crippen LogP contribution >= 0.6 is 11.6 Å². The molecule has 1 aliphatic heterocycles. The average molecular weight is 310 g/mol. The summed E-state index contributed by atoms with van der Waals surface area (Å²) >= 11 is 5.94. The first-order valence-electron chi connectivity index (χ1n) is 7.55. The van der Waals surface area contributed by atoms with Gasteiger partial charge in [0.25, 0.3) is 0 Å². The third kappa shape index (κ3) is 5.65. The molecule has 2 rings (SSSR count). The van der Waals surface area contributed by atoms with Gasteiger partial charge in [0.05, 0.1) is 6.54 Å². The number of hydrogen-bond acceptors (Lipinski definition) is 3.